The van der Waals surface area contributed by atoms with E-state index in [0.29, 0.717) is 27.8 Å². The van der Waals surface area contributed by atoms with Crippen LogP contribution in [-0.2, 0) is 0 Å². The van der Waals surface area contributed by atoms with E-state index in [1.165, 1.54) is 4.90 Å². The van der Waals surface area contributed by atoms with Crippen LogP contribution in [0, 0.1) is 0 Å². The van der Waals surface area contributed by atoms with Crippen LogP contribution in [0.1, 0.15) is 21.0 Å². The molecule has 0 fully saturated rings. The highest BCUT2D eigenvalue weighted by molar-refractivity contribution is 7.27. The van der Waals surface area contributed by atoms with E-state index in [-0.39, 0.29) is 11.6 Å². The van der Waals surface area contributed by atoms with E-state index in [4.69, 9.17) is 11.6 Å². The van der Waals surface area contributed by atoms with Crippen molar-refractivity contribution in [2.24, 2.45) is 0 Å². The van der Waals surface area contributed by atoms with Crippen molar-refractivity contribution >= 4 is 60.6 Å². The molecule has 5 aromatic rings. The summed E-state index contributed by atoms with van der Waals surface area (Å²) in [6.07, 6.45) is 1.54. The Balaban J connectivity index is 1.43. The predicted molar refractivity (Wildman–Crippen MR) is 137 cm³/mol. The number of carbonyl (C=O) groups is 2. The molecule has 0 aliphatic rings. The Morgan fingerprint density at radius 1 is 1.06 bits per heavy atom. The Kier molecular flexibility index (Phi) is 5.55. The van der Waals surface area contributed by atoms with E-state index >= 15 is 0 Å². The molecule has 2 amide bonds. The van der Waals surface area contributed by atoms with Crippen LogP contribution in [0.3, 0.4) is 0 Å². The summed E-state index contributed by atoms with van der Waals surface area (Å²) in [5.41, 5.74) is 4.52. The molecule has 0 saturated heterocycles. The molecule has 8 nitrogen and oxygen atoms in total. The number of nitrogens with zero attached hydrogens (tertiary/aromatic N) is 4. The molecule has 5 rings (SSSR count). The number of aromatic amines is 1. The average Bonchev–Trinajstić information content (AvgIpc) is 3.40. The standard InChI is InChI=1S/C24H20ClN6O2P/c1-30(2)23(33)20-4-3-5-21-26-19(12-31(20)21)22(32)29-24-27-17-7-6-13(10-18(17)28-24)14-8-15(25)11-16(34)9-14/h3-12H,34H2,1-2H3,(H2,27,28,29,32). The largest absolute Gasteiger partial charge is 0.343 e. The van der Waals surface area contributed by atoms with Gasteiger partial charge in [-0.25, -0.2) is 9.97 Å². The van der Waals surface area contributed by atoms with Gasteiger partial charge >= 0.3 is 0 Å². The molecule has 0 spiro atoms. The summed E-state index contributed by atoms with van der Waals surface area (Å²) in [6.45, 7) is 0. The van der Waals surface area contributed by atoms with Gasteiger partial charge in [0.25, 0.3) is 11.8 Å². The van der Waals surface area contributed by atoms with Gasteiger partial charge in [0.05, 0.1) is 11.0 Å². The van der Waals surface area contributed by atoms with Gasteiger partial charge in [-0.3, -0.25) is 19.3 Å². The van der Waals surface area contributed by atoms with Crippen molar-refractivity contribution < 1.29 is 9.59 Å². The Labute approximate surface area is 202 Å². The average molecular weight is 491 g/mol. The summed E-state index contributed by atoms with van der Waals surface area (Å²) < 4.78 is 1.60. The molecule has 0 aliphatic carbocycles. The number of aromatic nitrogens is 4. The molecule has 0 bridgehead atoms. The lowest BCUT2D eigenvalue weighted by Crippen LogP contribution is -2.23. The van der Waals surface area contributed by atoms with Crippen molar-refractivity contribution in [2.45, 2.75) is 0 Å². The maximum Gasteiger partial charge on any atom is 0.278 e. The lowest BCUT2D eigenvalue weighted by molar-refractivity contribution is 0.0820. The summed E-state index contributed by atoms with van der Waals surface area (Å²) in [4.78, 5) is 38.8. The highest BCUT2D eigenvalue weighted by Gasteiger charge is 2.18. The third-order valence-corrected chi connectivity index (χ3v) is 5.87. The minimum atomic E-state index is -0.436. The van der Waals surface area contributed by atoms with E-state index in [9.17, 15) is 9.59 Å². The summed E-state index contributed by atoms with van der Waals surface area (Å²) in [5, 5.41) is 4.40. The fourth-order valence-corrected chi connectivity index (χ4v) is 4.43. The number of benzene rings is 2. The first kappa shape index (κ1) is 22.1. The zero-order valence-electron chi connectivity index (χ0n) is 18.3. The number of fused-ring (bicyclic) bond motifs is 2. The molecule has 1 unspecified atom stereocenters. The van der Waals surface area contributed by atoms with Crippen molar-refractivity contribution in [1.29, 1.82) is 0 Å². The molecule has 170 valence electrons. The molecule has 0 aliphatic heterocycles. The van der Waals surface area contributed by atoms with Crippen LogP contribution in [0.2, 0.25) is 5.02 Å². The topological polar surface area (TPSA) is 95.4 Å². The maximum atomic E-state index is 12.9. The number of carbonyl (C=O) groups excluding carboxylic acids is 2. The Hall–Kier alpha value is -3.74. The molecule has 3 aromatic heterocycles. The third-order valence-electron chi connectivity index (χ3n) is 5.32. The smallest absolute Gasteiger partial charge is 0.278 e. The lowest BCUT2D eigenvalue weighted by Gasteiger charge is -2.11. The number of H-pyrrole nitrogens is 1. The Morgan fingerprint density at radius 2 is 1.88 bits per heavy atom. The van der Waals surface area contributed by atoms with Gasteiger partial charge in [0.2, 0.25) is 5.95 Å². The molecule has 0 radical (unpaired) electrons. The SMILES string of the molecule is CN(C)C(=O)c1cccc2nc(C(=O)Nc3nc4ccc(-c5cc(P)cc(Cl)c5)cc4[nH]3)cn12. The van der Waals surface area contributed by atoms with Crippen molar-refractivity contribution in [1.82, 2.24) is 24.3 Å². The minimum Gasteiger partial charge on any atom is -0.343 e. The van der Waals surface area contributed by atoms with Crippen LogP contribution >= 0.6 is 20.8 Å². The maximum absolute atomic E-state index is 12.9. The second kappa shape index (κ2) is 8.56. The molecule has 3 heterocycles. The predicted octanol–water partition coefficient (Wildman–Crippen LogP) is 3.99. The second-order valence-corrected chi connectivity index (χ2v) is 9.11. The quantitative estimate of drug-likeness (QED) is 0.372. The van der Waals surface area contributed by atoms with Crippen LogP contribution in [0.15, 0.2) is 60.8 Å². The van der Waals surface area contributed by atoms with Gasteiger partial charge in [0, 0.05) is 25.3 Å². The van der Waals surface area contributed by atoms with E-state index in [2.05, 4.69) is 29.5 Å². The summed E-state index contributed by atoms with van der Waals surface area (Å²) in [7, 11) is 5.99. The van der Waals surface area contributed by atoms with Crippen molar-refractivity contribution in [3.05, 3.63) is 77.2 Å². The van der Waals surface area contributed by atoms with Gasteiger partial charge < -0.3 is 9.88 Å². The molecular formula is C24H20ClN6O2P. The third kappa shape index (κ3) is 4.14. The number of rotatable bonds is 4. The van der Waals surface area contributed by atoms with Gasteiger partial charge in [-0.2, -0.15) is 0 Å². The van der Waals surface area contributed by atoms with Gasteiger partial charge in [-0.1, -0.05) is 23.7 Å². The first-order valence-corrected chi connectivity index (χ1v) is 11.3. The number of hydrogen-bond donors (Lipinski definition) is 2. The van der Waals surface area contributed by atoms with Gasteiger partial charge in [0.15, 0.2) is 0 Å². The van der Waals surface area contributed by atoms with E-state index in [1.54, 1.807) is 42.9 Å². The zero-order chi connectivity index (χ0) is 24.0. The van der Waals surface area contributed by atoms with Crippen LogP contribution in [0.4, 0.5) is 5.95 Å². The first-order chi connectivity index (χ1) is 16.3. The number of nitrogens with one attached hydrogen (secondary N) is 2. The van der Waals surface area contributed by atoms with E-state index in [1.807, 2.05) is 36.4 Å². The number of halogens is 1. The normalized spacial score (nSPS) is 11.2. The van der Waals surface area contributed by atoms with Crippen molar-refractivity contribution in [3.63, 3.8) is 0 Å². The molecule has 2 aromatic carbocycles. The number of anilines is 1. The number of hydrogen-bond acceptors (Lipinski definition) is 4. The summed E-state index contributed by atoms with van der Waals surface area (Å²) in [6, 6.07) is 16.7. The fourth-order valence-electron chi connectivity index (χ4n) is 3.72. The molecule has 10 heteroatoms. The highest BCUT2D eigenvalue weighted by Crippen LogP contribution is 2.26. The summed E-state index contributed by atoms with van der Waals surface area (Å²) >= 11 is 6.20. The zero-order valence-corrected chi connectivity index (χ0v) is 20.2. The monoisotopic (exact) mass is 490 g/mol. The Morgan fingerprint density at radius 3 is 2.65 bits per heavy atom. The van der Waals surface area contributed by atoms with Crippen molar-refractivity contribution in [2.75, 3.05) is 19.4 Å². The number of amides is 2. The van der Waals surface area contributed by atoms with Crippen LogP contribution in [0.5, 0.6) is 0 Å². The van der Waals surface area contributed by atoms with Crippen LogP contribution in [0.25, 0.3) is 27.8 Å². The first-order valence-electron chi connectivity index (χ1n) is 10.4. The number of imidazole rings is 2. The van der Waals surface area contributed by atoms with Gasteiger partial charge in [-0.05, 0) is 58.9 Å². The highest BCUT2D eigenvalue weighted by atomic mass is 35.5. The second-order valence-electron chi connectivity index (χ2n) is 8.01. The molecule has 2 N–H and O–H groups in total. The lowest BCUT2D eigenvalue weighted by atomic mass is 10.1. The number of pyridine rings is 1. The fraction of sp³-hybridized carbons (Fsp3) is 0.0833. The van der Waals surface area contributed by atoms with Gasteiger partial charge in [-0.15, -0.1) is 9.24 Å². The van der Waals surface area contributed by atoms with Crippen molar-refractivity contribution in [3.8, 4) is 11.1 Å². The molecular weight excluding hydrogens is 471 g/mol. The van der Waals surface area contributed by atoms with Gasteiger partial charge in [0.1, 0.15) is 17.0 Å². The minimum absolute atomic E-state index is 0.173. The Bertz CT molecular complexity index is 1570. The van der Waals surface area contributed by atoms with E-state index in [0.717, 1.165) is 21.9 Å². The molecule has 1 atom stereocenters. The van der Waals surface area contributed by atoms with E-state index < -0.39 is 5.91 Å². The van der Waals surface area contributed by atoms with Crippen LogP contribution in [-0.4, -0.2) is 50.2 Å². The summed E-state index contributed by atoms with van der Waals surface area (Å²) in [5.74, 6) is -0.318. The molecule has 0 saturated carbocycles. The van der Waals surface area contributed by atoms with Crippen LogP contribution < -0.4 is 10.6 Å². The molecule has 34 heavy (non-hydrogen) atoms.